The first-order valence-electron chi connectivity index (χ1n) is 7.72. The summed E-state index contributed by atoms with van der Waals surface area (Å²) in [6.45, 7) is 1.69. The summed E-state index contributed by atoms with van der Waals surface area (Å²) < 4.78 is 42.1. The van der Waals surface area contributed by atoms with Crippen LogP contribution in [0.25, 0.3) is 0 Å². The Morgan fingerprint density at radius 2 is 1.76 bits per heavy atom. The van der Waals surface area contributed by atoms with Gasteiger partial charge in [-0.1, -0.05) is 19.1 Å². The predicted molar refractivity (Wildman–Crippen MR) is 83.6 cm³/mol. The van der Waals surface area contributed by atoms with Crippen LogP contribution >= 0.6 is 0 Å². The first-order valence-corrected chi connectivity index (χ1v) is 7.72. The molecular weight excluding hydrogens is 339 g/mol. The number of ketones is 1. The van der Waals surface area contributed by atoms with Crippen LogP contribution in [0.4, 0.5) is 13.2 Å². The lowest BCUT2D eigenvalue weighted by atomic mass is 10.1. The predicted octanol–water partition coefficient (Wildman–Crippen LogP) is 2.67. The molecule has 8 heteroatoms. The van der Waals surface area contributed by atoms with Gasteiger partial charge in [-0.15, -0.1) is 0 Å². The summed E-state index contributed by atoms with van der Waals surface area (Å²) in [5.41, 5.74) is -0.430. The van der Waals surface area contributed by atoms with Crippen molar-refractivity contribution in [1.82, 2.24) is 5.32 Å². The molecular formula is C17H20F3NO4. The number of rotatable bonds is 8. The summed E-state index contributed by atoms with van der Waals surface area (Å²) in [5.74, 6) is -1.27. The van der Waals surface area contributed by atoms with E-state index in [1.807, 2.05) is 0 Å². The van der Waals surface area contributed by atoms with E-state index in [-0.39, 0.29) is 25.0 Å². The molecule has 1 N–H and O–H groups in total. The summed E-state index contributed by atoms with van der Waals surface area (Å²) in [4.78, 5) is 35.1. The van der Waals surface area contributed by atoms with Crippen molar-refractivity contribution >= 4 is 17.7 Å². The molecule has 0 saturated heterocycles. The van der Waals surface area contributed by atoms with Crippen molar-refractivity contribution in [2.45, 2.75) is 44.8 Å². The summed E-state index contributed by atoms with van der Waals surface area (Å²) in [6, 6.07) is 3.22. The molecule has 5 nitrogen and oxygen atoms in total. The van der Waals surface area contributed by atoms with E-state index in [2.05, 4.69) is 10.1 Å². The van der Waals surface area contributed by atoms with Gasteiger partial charge in [0.15, 0.2) is 0 Å². The van der Waals surface area contributed by atoms with Gasteiger partial charge in [0.2, 0.25) is 5.91 Å². The van der Waals surface area contributed by atoms with Crippen molar-refractivity contribution in [3.63, 3.8) is 0 Å². The number of halogens is 3. The van der Waals surface area contributed by atoms with Gasteiger partial charge >= 0.3 is 12.1 Å². The fraction of sp³-hybridized carbons (Fsp3) is 0.471. The SMILES string of the molecule is CCC(=O)CC[C@@H](NC(=O)Cc1ccc(C(F)(F)F)cc1)C(=O)OC. The molecule has 0 heterocycles. The van der Waals surface area contributed by atoms with Crippen LogP contribution in [-0.2, 0) is 31.7 Å². The normalized spacial score (nSPS) is 12.4. The maximum absolute atomic E-state index is 12.5. The van der Waals surface area contributed by atoms with Crippen LogP contribution in [0, 0.1) is 0 Å². The Hall–Kier alpha value is -2.38. The lowest BCUT2D eigenvalue weighted by Gasteiger charge is -2.16. The quantitative estimate of drug-likeness (QED) is 0.725. The number of nitrogens with one attached hydrogen (secondary N) is 1. The fourth-order valence-electron chi connectivity index (χ4n) is 2.12. The molecule has 0 aliphatic heterocycles. The number of carbonyl (C=O) groups excluding carboxylic acids is 3. The van der Waals surface area contributed by atoms with Crippen molar-refractivity contribution in [3.8, 4) is 0 Å². The molecule has 0 saturated carbocycles. The number of benzene rings is 1. The third-order valence-electron chi connectivity index (χ3n) is 3.57. The van der Waals surface area contributed by atoms with E-state index in [0.29, 0.717) is 12.0 Å². The zero-order valence-corrected chi connectivity index (χ0v) is 14.0. The highest BCUT2D eigenvalue weighted by Crippen LogP contribution is 2.29. The number of esters is 1. The van der Waals surface area contributed by atoms with E-state index in [1.165, 1.54) is 19.2 Å². The summed E-state index contributed by atoms with van der Waals surface area (Å²) in [7, 11) is 1.17. The molecule has 0 spiro atoms. The van der Waals surface area contributed by atoms with Crippen LogP contribution in [0.1, 0.15) is 37.3 Å². The number of alkyl halides is 3. The molecule has 0 aliphatic rings. The lowest BCUT2D eigenvalue weighted by molar-refractivity contribution is -0.145. The number of hydrogen-bond donors (Lipinski definition) is 1. The summed E-state index contributed by atoms with van der Waals surface area (Å²) >= 11 is 0. The first kappa shape index (κ1) is 20.7. The van der Waals surface area contributed by atoms with Gasteiger partial charge in [-0.3, -0.25) is 9.59 Å². The highest BCUT2D eigenvalue weighted by molar-refractivity contribution is 5.86. The number of methoxy groups -OCH3 is 1. The Morgan fingerprint density at radius 3 is 2.24 bits per heavy atom. The molecule has 1 aromatic rings. The zero-order valence-electron chi connectivity index (χ0n) is 14.0. The van der Waals surface area contributed by atoms with Gasteiger partial charge in [-0.2, -0.15) is 13.2 Å². The number of carbonyl (C=O) groups is 3. The van der Waals surface area contributed by atoms with E-state index in [1.54, 1.807) is 6.92 Å². The average molecular weight is 359 g/mol. The van der Waals surface area contributed by atoms with Crippen LogP contribution in [0.2, 0.25) is 0 Å². The standard InChI is InChI=1S/C17H20F3NO4/c1-3-13(22)8-9-14(16(24)25-2)21-15(23)10-11-4-6-12(7-5-11)17(18,19)20/h4-7,14H,3,8-10H2,1-2H3,(H,21,23)/t14-/m1/s1. The minimum absolute atomic E-state index is 0.0501. The van der Waals surface area contributed by atoms with Gasteiger partial charge in [-0.25, -0.2) is 4.79 Å². The van der Waals surface area contributed by atoms with E-state index in [9.17, 15) is 27.6 Å². The Balaban J connectivity index is 2.67. The molecule has 1 aromatic carbocycles. The van der Waals surface area contributed by atoms with E-state index in [0.717, 1.165) is 12.1 Å². The third-order valence-corrected chi connectivity index (χ3v) is 3.57. The van der Waals surface area contributed by atoms with E-state index in [4.69, 9.17) is 0 Å². The Bertz CT molecular complexity index is 611. The molecule has 1 atom stereocenters. The van der Waals surface area contributed by atoms with Crippen molar-refractivity contribution < 1.29 is 32.3 Å². The molecule has 25 heavy (non-hydrogen) atoms. The second-order valence-corrected chi connectivity index (χ2v) is 5.45. The van der Waals surface area contributed by atoms with E-state index >= 15 is 0 Å². The Morgan fingerprint density at radius 1 is 1.16 bits per heavy atom. The molecule has 1 amide bonds. The molecule has 0 radical (unpaired) electrons. The van der Waals surface area contributed by atoms with Crippen molar-refractivity contribution in [3.05, 3.63) is 35.4 Å². The molecule has 0 aromatic heterocycles. The Labute approximate surface area is 143 Å². The minimum atomic E-state index is -4.44. The number of amides is 1. The second-order valence-electron chi connectivity index (χ2n) is 5.45. The van der Waals surface area contributed by atoms with Crippen LogP contribution in [-0.4, -0.2) is 30.8 Å². The highest BCUT2D eigenvalue weighted by atomic mass is 19.4. The third kappa shape index (κ3) is 6.94. The molecule has 1 rings (SSSR count). The highest BCUT2D eigenvalue weighted by Gasteiger charge is 2.30. The Kier molecular flexibility index (Phi) is 7.60. The summed E-state index contributed by atoms with van der Waals surface area (Å²) in [5, 5.41) is 2.45. The largest absolute Gasteiger partial charge is 0.467 e. The smallest absolute Gasteiger partial charge is 0.416 e. The van der Waals surface area contributed by atoms with Crippen molar-refractivity contribution in [1.29, 1.82) is 0 Å². The van der Waals surface area contributed by atoms with Gasteiger partial charge in [0, 0.05) is 12.8 Å². The van der Waals surface area contributed by atoms with Crippen LogP contribution in [0.3, 0.4) is 0 Å². The second kappa shape index (κ2) is 9.19. The minimum Gasteiger partial charge on any atom is -0.467 e. The van der Waals surface area contributed by atoms with Gasteiger partial charge < -0.3 is 10.1 Å². The molecule has 0 aliphatic carbocycles. The van der Waals surface area contributed by atoms with Gasteiger partial charge in [0.1, 0.15) is 11.8 Å². The lowest BCUT2D eigenvalue weighted by Crippen LogP contribution is -2.42. The monoisotopic (exact) mass is 359 g/mol. The van der Waals surface area contributed by atoms with Crippen LogP contribution in [0.5, 0.6) is 0 Å². The summed E-state index contributed by atoms with van der Waals surface area (Å²) in [6.07, 6.45) is -4.07. The number of ether oxygens (including phenoxy) is 1. The van der Waals surface area contributed by atoms with Gasteiger partial charge in [0.05, 0.1) is 19.1 Å². The fourth-order valence-corrected chi connectivity index (χ4v) is 2.12. The van der Waals surface area contributed by atoms with Crippen LogP contribution in [0.15, 0.2) is 24.3 Å². The number of hydrogen-bond acceptors (Lipinski definition) is 4. The van der Waals surface area contributed by atoms with Crippen molar-refractivity contribution in [2.75, 3.05) is 7.11 Å². The van der Waals surface area contributed by atoms with Crippen LogP contribution < -0.4 is 5.32 Å². The molecule has 138 valence electrons. The maximum atomic E-state index is 12.5. The van der Waals surface area contributed by atoms with Gasteiger partial charge in [-0.05, 0) is 24.1 Å². The van der Waals surface area contributed by atoms with Crippen molar-refractivity contribution in [2.24, 2.45) is 0 Å². The topological polar surface area (TPSA) is 72.5 Å². The molecule has 0 bridgehead atoms. The average Bonchev–Trinajstić information content (AvgIpc) is 2.57. The number of Topliss-reactive ketones (excluding diaryl/α,β-unsaturated/α-hetero) is 1. The van der Waals surface area contributed by atoms with E-state index < -0.39 is 29.7 Å². The zero-order chi connectivity index (χ0) is 19.0. The van der Waals surface area contributed by atoms with Gasteiger partial charge in [0.25, 0.3) is 0 Å². The molecule has 0 unspecified atom stereocenters. The maximum Gasteiger partial charge on any atom is 0.416 e. The first-order chi connectivity index (χ1) is 11.7. The molecule has 0 fully saturated rings.